The minimum absolute atomic E-state index is 0.518. The Morgan fingerprint density at radius 1 is 1.62 bits per heavy atom. The number of carbonyl (C=O) groups excluding carboxylic acids is 1. The first-order valence-corrected chi connectivity index (χ1v) is 5.78. The predicted octanol–water partition coefficient (Wildman–Crippen LogP) is 3.08. The Kier molecular flexibility index (Phi) is 3.07. The molecular formula is C10H8ClFN2OS. The maximum Gasteiger partial charge on any atom is 0.274 e. The third-order valence-electron chi connectivity index (χ3n) is 1.96. The summed E-state index contributed by atoms with van der Waals surface area (Å²) in [7, 11) is 0. The van der Waals surface area contributed by atoms with Crippen LogP contribution in [0.5, 0.6) is 0 Å². The number of amides is 1. The number of hydrogen-bond donors (Lipinski definition) is 1. The highest BCUT2D eigenvalue weighted by atomic mass is 35.5. The van der Waals surface area contributed by atoms with Crippen molar-refractivity contribution in [3.05, 3.63) is 23.2 Å². The molecule has 0 aliphatic carbocycles. The zero-order valence-corrected chi connectivity index (χ0v) is 9.90. The predicted molar refractivity (Wildman–Crippen MR) is 63.7 cm³/mol. The van der Waals surface area contributed by atoms with Crippen molar-refractivity contribution in [3.63, 3.8) is 0 Å². The van der Waals surface area contributed by atoms with Crippen molar-refractivity contribution < 1.29 is 9.18 Å². The van der Waals surface area contributed by atoms with E-state index in [1.54, 1.807) is 18.2 Å². The highest BCUT2D eigenvalue weighted by molar-refractivity contribution is 7.18. The highest BCUT2D eigenvalue weighted by Crippen LogP contribution is 2.24. The molecule has 0 aliphatic heterocycles. The fraction of sp³-hybridized carbons (Fsp3) is 0.200. The van der Waals surface area contributed by atoms with Gasteiger partial charge in [-0.25, -0.2) is 9.37 Å². The van der Waals surface area contributed by atoms with E-state index in [0.717, 1.165) is 15.2 Å². The van der Waals surface area contributed by atoms with Gasteiger partial charge in [-0.2, -0.15) is 0 Å². The molecule has 16 heavy (non-hydrogen) atoms. The Labute approximate surface area is 100 Å². The van der Waals surface area contributed by atoms with Gasteiger partial charge in [-0.3, -0.25) is 4.79 Å². The van der Waals surface area contributed by atoms with E-state index in [0.29, 0.717) is 5.69 Å². The molecule has 0 fully saturated rings. The van der Waals surface area contributed by atoms with Crippen LogP contribution in [0, 0.1) is 6.92 Å². The van der Waals surface area contributed by atoms with Crippen molar-refractivity contribution in [2.75, 3.05) is 5.32 Å². The Morgan fingerprint density at radius 3 is 3.06 bits per heavy atom. The van der Waals surface area contributed by atoms with Crippen LogP contribution in [0.1, 0.15) is 5.01 Å². The summed E-state index contributed by atoms with van der Waals surface area (Å²) in [4.78, 5) is 15.3. The van der Waals surface area contributed by atoms with Crippen molar-refractivity contribution in [1.29, 1.82) is 0 Å². The number of hydrogen-bond acceptors (Lipinski definition) is 3. The van der Waals surface area contributed by atoms with Gasteiger partial charge < -0.3 is 5.32 Å². The maximum absolute atomic E-state index is 12.4. The number of alkyl halides is 2. The second-order valence-electron chi connectivity index (χ2n) is 3.21. The molecule has 2 aromatic rings. The van der Waals surface area contributed by atoms with Gasteiger partial charge in [0.2, 0.25) is 0 Å². The molecule has 0 radical (unpaired) electrons. The van der Waals surface area contributed by atoms with E-state index in [1.807, 2.05) is 6.92 Å². The van der Waals surface area contributed by atoms with Gasteiger partial charge in [0.15, 0.2) is 0 Å². The summed E-state index contributed by atoms with van der Waals surface area (Å²) in [6.07, 6.45) is 0. The first kappa shape index (κ1) is 11.3. The normalized spacial score (nSPS) is 12.7. The van der Waals surface area contributed by atoms with Crippen molar-refractivity contribution in [3.8, 4) is 0 Å². The summed E-state index contributed by atoms with van der Waals surface area (Å²) in [5.41, 5.74) is -0.647. The lowest BCUT2D eigenvalue weighted by Crippen LogP contribution is -2.19. The van der Waals surface area contributed by atoms with Crippen LogP contribution in [0.3, 0.4) is 0 Å². The largest absolute Gasteiger partial charge is 0.322 e. The first-order valence-electron chi connectivity index (χ1n) is 4.52. The molecule has 1 heterocycles. The van der Waals surface area contributed by atoms with Crippen LogP contribution >= 0.6 is 22.9 Å². The van der Waals surface area contributed by atoms with E-state index < -0.39 is 11.5 Å². The molecule has 3 nitrogen and oxygen atoms in total. The van der Waals surface area contributed by atoms with Gasteiger partial charge >= 0.3 is 0 Å². The number of carbonyl (C=O) groups is 1. The Hall–Kier alpha value is -1.20. The summed E-state index contributed by atoms with van der Waals surface area (Å²) in [6.45, 7) is 1.90. The van der Waals surface area contributed by atoms with Crippen LogP contribution in [0.2, 0.25) is 0 Å². The standard InChI is InChI=1S/C10H8ClFN2OS/c1-5-13-7-3-2-6(4-8(7)16-5)14-10(15)9(11)12/h2-4,9H,1H3,(H,14,15). The fourth-order valence-corrected chi connectivity index (χ4v) is 2.24. The molecule has 0 saturated carbocycles. The molecule has 1 unspecified atom stereocenters. The second kappa shape index (κ2) is 4.35. The lowest BCUT2D eigenvalue weighted by atomic mass is 10.3. The van der Waals surface area contributed by atoms with Gasteiger partial charge in [0.25, 0.3) is 11.5 Å². The van der Waals surface area contributed by atoms with Crippen LogP contribution in [0.25, 0.3) is 10.2 Å². The number of anilines is 1. The number of halogens is 2. The summed E-state index contributed by atoms with van der Waals surface area (Å²) in [5, 5.41) is 3.32. The maximum atomic E-state index is 12.4. The van der Waals surface area contributed by atoms with Crippen molar-refractivity contribution in [2.24, 2.45) is 0 Å². The average molecular weight is 259 g/mol. The molecular weight excluding hydrogens is 251 g/mol. The minimum atomic E-state index is -2.03. The molecule has 84 valence electrons. The zero-order chi connectivity index (χ0) is 11.7. The van der Waals surface area contributed by atoms with Gasteiger partial charge in [-0.1, -0.05) is 11.6 Å². The monoisotopic (exact) mass is 258 g/mol. The van der Waals surface area contributed by atoms with Crippen LogP contribution < -0.4 is 5.32 Å². The molecule has 1 N–H and O–H groups in total. The molecule has 0 spiro atoms. The molecule has 0 aliphatic rings. The third-order valence-corrected chi connectivity index (χ3v) is 3.09. The van der Waals surface area contributed by atoms with E-state index in [2.05, 4.69) is 10.3 Å². The molecule has 2 rings (SSSR count). The molecule has 1 aromatic heterocycles. The van der Waals surface area contributed by atoms with Crippen molar-refractivity contribution in [1.82, 2.24) is 4.98 Å². The second-order valence-corrected chi connectivity index (χ2v) is 4.82. The molecule has 1 aromatic carbocycles. The van der Waals surface area contributed by atoms with E-state index >= 15 is 0 Å². The minimum Gasteiger partial charge on any atom is -0.322 e. The smallest absolute Gasteiger partial charge is 0.274 e. The first-order chi connectivity index (χ1) is 7.56. The topological polar surface area (TPSA) is 42.0 Å². The van der Waals surface area contributed by atoms with E-state index in [9.17, 15) is 9.18 Å². The molecule has 1 amide bonds. The SMILES string of the molecule is Cc1nc2ccc(NC(=O)C(F)Cl)cc2s1. The number of benzene rings is 1. The zero-order valence-electron chi connectivity index (χ0n) is 8.33. The Balaban J connectivity index is 2.29. The lowest BCUT2D eigenvalue weighted by Gasteiger charge is -2.03. The number of rotatable bonds is 2. The van der Waals surface area contributed by atoms with Crippen LogP contribution in [0.15, 0.2) is 18.2 Å². The van der Waals surface area contributed by atoms with E-state index in [-0.39, 0.29) is 0 Å². The number of aromatic nitrogens is 1. The number of nitrogens with zero attached hydrogens (tertiary/aromatic N) is 1. The average Bonchev–Trinajstić information content (AvgIpc) is 2.57. The summed E-state index contributed by atoms with van der Waals surface area (Å²) in [6, 6.07) is 5.19. The van der Waals surface area contributed by atoms with Gasteiger partial charge in [0, 0.05) is 5.69 Å². The quantitative estimate of drug-likeness (QED) is 0.841. The summed E-state index contributed by atoms with van der Waals surface area (Å²) >= 11 is 6.52. The number of nitrogens with one attached hydrogen (secondary N) is 1. The van der Waals surface area contributed by atoms with Crippen LogP contribution in [-0.2, 0) is 4.79 Å². The van der Waals surface area contributed by atoms with Crippen molar-refractivity contribution in [2.45, 2.75) is 12.6 Å². The van der Waals surface area contributed by atoms with E-state index in [4.69, 9.17) is 11.6 Å². The number of aryl methyl sites for hydroxylation is 1. The third kappa shape index (κ3) is 2.31. The number of thiazole rings is 1. The molecule has 6 heteroatoms. The summed E-state index contributed by atoms with van der Waals surface area (Å²) < 4.78 is 13.4. The van der Waals surface area contributed by atoms with Crippen LogP contribution in [-0.4, -0.2) is 16.5 Å². The fourth-order valence-electron chi connectivity index (χ4n) is 1.31. The van der Waals surface area contributed by atoms with Gasteiger partial charge in [0.05, 0.1) is 15.2 Å². The van der Waals surface area contributed by atoms with Gasteiger partial charge in [0.1, 0.15) is 0 Å². The van der Waals surface area contributed by atoms with Gasteiger partial charge in [-0.15, -0.1) is 11.3 Å². The van der Waals surface area contributed by atoms with Crippen molar-refractivity contribution >= 4 is 44.7 Å². The molecule has 1 atom stereocenters. The van der Waals surface area contributed by atoms with Gasteiger partial charge in [-0.05, 0) is 25.1 Å². The molecule has 0 saturated heterocycles. The Morgan fingerprint density at radius 2 is 2.38 bits per heavy atom. The number of fused-ring (bicyclic) bond motifs is 1. The molecule has 0 bridgehead atoms. The Bertz CT molecular complexity index is 541. The van der Waals surface area contributed by atoms with E-state index in [1.165, 1.54) is 11.3 Å². The lowest BCUT2D eigenvalue weighted by molar-refractivity contribution is -0.118. The van der Waals surface area contributed by atoms with Crippen LogP contribution in [0.4, 0.5) is 10.1 Å². The highest BCUT2D eigenvalue weighted by Gasteiger charge is 2.13. The summed E-state index contributed by atoms with van der Waals surface area (Å²) in [5.74, 6) is -0.859.